The van der Waals surface area contributed by atoms with Crippen molar-refractivity contribution < 1.29 is 10.0 Å². The van der Waals surface area contributed by atoms with Crippen LogP contribution in [0, 0.1) is 6.92 Å². The lowest BCUT2D eigenvalue weighted by molar-refractivity contribution is 0.101. The van der Waals surface area contributed by atoms with Gasteiger partial charge in [-0.25, -0.2) is 0 Å². The summed E-state index contributed by atoms with van der Waals surface area (Å²) in [7, 11) is 3.31. The summed E-state index contributed by atoms with van der Waals surface area (Å²) in [4.78, 5) is 12.2. The van der Waals surface area contributed by atoms with Crippen molar-refractivity contribution in [2.75, 3.05) is 5.32 Å². The fraction of sp³-hybridized carbons (Fsp3) is 0.273. The maximum Gasteiger partial charge on any atom is 0.275 e. The van der Waals surface area contributed by atoms with Crippen LogP contribution in [0.4, 0.5) is 5.82 Å². The van der Waals surface area contributed by atoms with Crippen molar-refractivity contribution in [2.45, 2.75) is 6.92 Å². The average molecular weight is 277 g/mol. The maximum absolute atomic E-state index is 12.2. The first kappa shape index (κ1) is 13.6. The van der Waals surface area contributed by atoms with Crippen LogP contribution < -0.4 is 11.1 Å². The van der Waals surface area contributed by atoms with Crippen molar-refractivity contribution in [3.05, 3.63) is 29.2 Å². The van der Waals surface area contributed by atoms with E-state index in [4.69, 9.17) is 10.9 Å². The van der Waals surface area contributed by atoms with Crippen molar-refractivity contribution in [3.63, 3.8) is 0 Å². The van der Waals surface area contributed by atoms with Gasteiger partial charge in [-0.3, -0.25) is 14.2 Å². The first-order valence-electron chi connectivity index (χ1n) is 5.76. The summed E-state index contributed by atoms with van der Waals surface area (Å²) in [5, 5.41) is 22.4. The quantitative estimate of drug-likeness (QED) is 0.310. The Kier molecular flexibility index (Phi) is 3.42. The molecule has 2 heterocycles. The molecule has 0 radical (unpaired) electrons. The fourth-order valence-electron chi connectivity index (χ4n) is 1.82. The van der Waals surface area contributed by atoms with E-state index in [1.54, 1.807) is 27.1 Å². The van der Waals surface area contributed by atoms with Crippen LogP contribution in [0.25, 0.3) is 0 Å². The van der Waals surface area contributed by atoms with Gasteiger partial charge in [-0.05, 0) is 13.0 Å². The third-order valence-electron chi connectivity index (χ3n) is 2.79. The number of amides is 1. The Hall–Kier alpha value is -2.84. The molecule has 9 heteroatoms. The zero-order valence-corrected chi connectivity index (χ0v) is 11.3. The van der Waals surface area contributed by atoms with Crippen molar-refractivity contribution in [3.8, 4) is 0 Å². The molecule has 20 heavy (non-hydrogen) atoms. The molecular weight excluding hydrogens is 262 g/mol. The van der Waals surface area contributed by atoms with Gasteiger partial charge in [0.25, 0.3) is 5.91 Å². The highest BCUT2D eigenvalue weighted by Crippen LogP contribution is 2.15. The molecule has 2 rings (SSSR count). The van der Waals surface area contributed by atoms with Crippen LogP contribution in [0.2, 0.25) is 0 Å². The second-order valence-electron chi connectivity index (χ2n) is 4.26. The number of carbonyl (C=O) groups excluding carboxylic acids is 1. The summed E-state index contributed by atoms with van der Waals surface area (Å²) in [5.41, 5.74) is 7.00. The number of hydrogen-bond acceptors (Lipinski definition) is 5. The van der Waals surface area contributed by atoms with Gasteiger partial charge in [-0.2, -0.15) is 10.2 Å². The average Bonchev–Trinajstić information content (AvgIpc) is 2.92. The first-order valence-corrected chi connectivity index (χ1v) is 5.76. The van der Waals surface area contributed by atoms with Crippen molar-refractivity contribution in [1.29, 1.82) is 0 Å². The highest BCUT2D eigenvalue weighted by Gasteiger charge is 2.18. The van der Waals surface area contributed by atoms with Crippen molar-refractivity contribution in [1.82, 2.24) is 19.6 Å². The van der Waals surface area contributed by atoms with E-state index in [-0.39, 0.29) is 11.7 Å². The number of aromatic nitrogens is 4. The molecule has 2 aromatic rings. The predicted octanol–water partition coefficient (Wildman–Crippen LogP) is -0.191. The molecule has 1 amide bonds. The zero-order chi connectivity index (χ0) is 14.9. The summed E-state index contributed by atoms with van der Waals surface area (Å²) in [6, 6.07) is 1.66. The predicted molar refractivity (Wildman–Crippen MR) is 71.6 cm³/mol. The Morgan fingerprint density at radius 1 is 1.45 bits per heavy atom. The molecule has 9 nitrogen and oxygen atoms in total. The summed E-state index contributed by atoms with van der Waals surface area (Å²) in [5.74, 6) is -0.151. The maximum atomic E-state index is 12.2. The number of anilines is 1. The number of hydrogen-bond donors (Lipinski definition) is 3. The summed E-state index contributed by atoms with van der Waals surface area (Å²) >= 11 is 0. The molecule has 0 saturated heterocycles. The van der Waals surface area contributed by atoms with Gasteiger partial charge >= 0.3 is 0 Å². The minimum absolute atomic E-state index is 0.130. The summed E-state index contributed by atoms with van der Waals surface area (Å²) < 4.78 is 2.90. The monoisotopic (exact) mass is 277 g/mol. The molecule has 0 spiro atoms. The third-order valence-corrected chi connectivity index (χ3v) is 2.79. The molecule has 4 N–H and O–H groups in total. The van der Waals surface area contributed by atoms with Crippen molar-refractivity contribution >= 4 is 17.6 Å². The number of nitrogens with one attached hydrogen (secondary N) is 1. The van der Waals surface area contributed by atoms with Crippen LogP contribution in [0.3, 0.4) is 0 Å². The van der Waals surface area contributed by atoms with E-state index in [9.17, 15) is 4.79 Å². The summed E-state index contributed by atoms with van der Waals surface area (Å²) in [6.45, 7) is 1.79. The number of oxime groups is 1. The molecule has 106 valence electrons. The van der Waals surface area contributed by atoms with Gasteiger partial charge in [0, 0.05) is 14.1 Å². The van der Waals surface area contributed by atoms with Gasteiger partial charge in [0.05, 0.1) is 17.5 Å². The van der Waals surface area contributed by atoms with E-state index in [1.807, 2.05) is 0 Å². The second kappa shape index (κ2) is 5.03. The van der Waals surface area contributed by atoms with Gasteiger partial charge in [0.1, 0.15) is 11.5 Å². The Morgan fingerprint density at radius 2 is 2.15 bits per heavy atom. The largest absolute Gasteiger partial charge is 0.409 e. The van der Waals surface area contributed by atoms with Crippen LogP contribution in [-0.2, 0) is 14.1 Å². The Morgan fingerprint density at radius 3 is 2.70 bits per heavy atom. The van der Waals surface area contributed by atoms with Crippen LogP contribution in [0.1, 0.15) is 21.7 Å². The second-order valence-corrected chi connectivity index (χ2v) is 4.26. The van der Waals surface area contributed by atoms with Crippen LogP contribution in [0.5, 0.6) is 0 Å². The number of nitrogens with zero attached hydrogens (tertiary/aromatic N) is 5. The molecule has 0 saturated carbocycles. The molecule has 0 unspecified atom stereocenters. The molecular formula is C11H15N7O2. The first-order chi connectivity index (χ1) is 9.43. The molecule has 0 bridgehead atoms. The lowest BCUT2D eigenvalue weighted by Crippen LogP contribution is -2.21. The molecule has 0 aliphatic rings. The van der Waals surface area contributed by atoms with Gasteiger partial charge in [0.15, 0.2) is 5.84 Å². The molecule has 2 aromatic heterocycles. The SMILES string of the molecule is Cc1cc(C(=O)Nc2c(C(N)=NO)cnn2C)n(C)n1. The molecule has 0 atom stereocenters. The molecule has 0 aromatic carbocycles. The minimum Gasteiger partial charge on any atom is -0.409 e. The molecule has 0 fully saturated rings. The van der Waals surface area contributed by atoms with Gasteiger partial charge < -0.3 is 16.3 Å². The third kappa shape index (κ3) is 2.32. The topological polar surface area (TPSA) is 123 Å². The van der Waals surface area contributed by atoms with Crippen molar-refractivity contribution in [2.24, 2.45) is 25.0 Å². The lowest BCUT2D eigenvalue weighted by Gasteiger charge is -2.07. The van der Waals surface area contributed by atoms with Crippen LogP contribution >= 0.6 is 0 Å². The number of rotatable bonds is 3. The lowest BCUT2D eigenvalue weighted by atomic mass is 10.3. The summed E-state index contributed by atoms with van der Waals surface area (Å²) in [6.07, 6.45) is 1.40. The van der Waals surface area contributed by atoms with E-state index < -0.39 is 0 Å². The van der Waals surface area contributed by atoms with Crippen LogP contribution in [-0.4, -0.2) is 36.5 Å². The Labute approximate surface area is 114 Å². The number of amidine groups is 1. The highest BCUT2D eigenvalue weighted by atomic mass is 16.4. The van der Waals surface area contributed by atoms with Crippen LogP contribution in [0.15, 0.2) is 17.4 Å². The van der Waals surface area contributed by atoms with E-state index in [1.165, 1.54) is 15.6 Å². The van der Waals surface area contributed by atoms with E-state index >= 15 is 0 Å². The minimum atomic E-state index is -0.358. The number of aryl methyl sites for hydroxylation is 3. The number of carbonyl (C=O) groups is 1. The zero-order valence-electron chi connectivity index (χ0n) is 11.3. The number of nitrogens with two attached hydrogens (primary N) is 1. The normalized spacial score (nSPS) is 11.7. The van der Waals surface area contributed by atoms with E-state index in [0.29, 0.717) is 17.1 Å². The molecule has 0 aliphatic heterocycles. The smallest absolute Gasteiger partial charge is 0.275 e. The fourth-order valence-corrected chi connectivity index (χ4v) is 1.82. The van der Waals surface area contributed by atoms with Gasteiger partial charge in [-0.15, -0.1) is 0 Å². The molecule has 0 aliphatic carbocycles. The van der Waals surface area contributed by atoms with E-state index in [2.05, 4.69) is 20.7 Å². The van der Waals surface area contributed by atoms with Gasteiger partial charge in [-0.1, -0.05) is 5.16 Å². The van der Waals surface area contributed by atoms with Gasteiger partial charge in [0.2, 0.25) is 0 Å². The Balaban J connectivity index is 2.33. The van der Waals surface area contributed by atoms with E-state index in [0.717, 1.165) is 5.69 Å². The Bertz CT molecular complexity index is 683. The highest BCUT2D eigenvalue weighted by molar-refractivity contribution is 6.08. The standard InChI is InChI=1S/C11H15N7O2/c1-6-4-8(17(2)15-6)11(19)14-10-7(9(12)16-20)5-13-18(10)3/h4-5,20H,1-3H3,(H2,12,16)(H,14,19).